The minimum atomic E-state index is -0.174. The highest BCUT2D eigenvalue weighted by Crippen LogP contribution is 2.43. The normalized spacial score (nSPS) is 21.4. The topological polar surface area (TPSA) is 15.3 Å². The van der Waals surface area contributed by atoms with E-state index in [4.69, 9.17) is 11.6 Å². The zero-order valence-electron chi connectivity index (χ0n) is 12.7. The molecule has 0 aromatic heterocycles. The summed E-state index contributed by atoms with van der Waals surface area (Å²) in [5.74, 6) is -0.174. The maximum Gasteiger partial charge on any atom is 0.124 e. The predicted octanol–water partition coefficient (Wildman–Crippen LogP) is 4.13. The van der Waals surface area contributed by atoms with E-state index >= 15 is 0 Å². The molecule has 0 aliphatic carbocycles. The van der Waals surface area contributed by atoms with E-state index in [1.165, 1.54) is 16.0 Å². The fraction of sp³-hybridized carbons (Fsp3) is 0.333. The fourth-order valence-corrected chi connectivity index (χ4v) is 4.74. The monoisotopic (exact) mass is 348 g/mol. The predicted molar refractivity (Wildman–Crippen MR) is 92.9 cm³/mol. The summed E-state index contributed by atoms with van der Waals surface area (Å²) in [5.41, 5.74) is 2.48. The SMILES string of the molecule is Fc1ccc2c(c1)Sc1ccc(Cl)cc1C(N1CCNCC1)C2. The zero-order chi connectivity index (χ0) is 15.8. The molecule has 5 heteroatoms. The van der Waals surface area contributed by atoms with Crippen LogP contribution in [0.15, 0.2) is 46.2 Å². The smallest absolute Gasteiger partial charge is 0.124 e. The molecule has 2 heterocycles. The van der Waals surface area contributed by atoms with Crippen molar-refractivity contribution in [2.45, 2.75) is 22.3 Å². The number of halogens is 2. The van der Waals surface area contributed by atoms with Gasteiger partial charge in [0.15, 0.2) is 0 Å². The number of piperazine rings is 1. The number of rotatable bonds is 1. The molecule has 1 N–H and O–H groups in total. The number of fused-ring (bicyclic) bond motifs is 2. The Hall–Kier alpha value is -1.07. The standard InChI is InChI=1S/C18H18ClFN2S/c19-13-2-4-17-15(10-13)16(22-7-5-21-6-8-22)9-12-1-3-14(20)11-18(12)23-17/h1-4,10-11,16,21H,5-9H2. The molecule has 0 saturated carbocycles. The molecule has 0 amide bonds. The van der Waals surface area contributed by atoms with E-state index in [2.05, 4.69) is 22.3 Å². The summed E-state index contributed by atoms with van der Waals surface area (Å²) in [6.07, 6.45) is 0.899. The minimum absolute atomic E-state index is 0.174. The highest BCUT2D eigenvalue weighted by Gasteiger charge is 2.28. The van der Waals surface area contributed by atoms with Gasteiger partial charge in [-0.05, 0) is 47.9 Å². The maximum atomic E-state index is 13.7. The Morgan fingerprint density at radius 3 is 2.74 bits per heavy atom. The number of nitrogens with one attached hydrogen (secondary N) is 1. The fourth-order valence-electron chi connectivity index (χ4n) is 3.42. The Bertz CT molecular complexity index is 731. The molecule has 1 fully saturated rings. The summed E-state index contributed by atoms with van der Waals surface area (Å²) in [4.78, 5) is 4.72. The van der Waals surface area contributed by atoms with Gasteiger partial charge in [-0.25, -0.2) is 4.39 Å². The summed E-state index contributed by atoms with van der Waals surface area (Å²) in [5, 5.41) is 4.17. The molecule has 1 saturated heterocycles. The van der Waals surface area contributed by atoms with Crippen LogP contribution in [-0.4, -0.2) is 31.1 Å². The van der Waals surface area contributed by atoms with E-state index in [-0.39, 0.29) is 5.82 Å². The second-order valence-corrected chi connectivity index (χ2v) is 7.56. The molecule has 2 aromatic carbocycles. The third-order valence-electron chi connectivity index (χ3n) is 4.59. The molecule has 23 heavy (non-hydrogen) atoms. The van der Waals surface area contributed by atoms with Crippen molar-refractivity contribution in [1.29, 1.82) is 0 Å². The molecule has 2 aliphatic heterocycles. The average molecular weight is 349 g/mol. The first-order valence-corrected chi connectivity index (χ1v) is 9.10. The van der Waals surface area contributed by atoms with Crippen LogP contribution in [0.5, 0.6) is 0 Å². The Kier molecular flexibility index (Phi) is 4.33. The third-order valence-corrected chi connectivity index (χ3v) is 6.01. The van der Waals surface area contributed by atoms with Crippen LogP contribution in [0.1, 0.15) is 17.2 Å². The molecule has 2 aliphatic rings. The molecule has 0 bridgehead atoms. The van der Waals surface area contributed by atoms with Crippen LogP contribution < -0.4 is 5.32 Å². The van der Waals surface area contributed by atoms with Crippen molar-refractivity contribution in [3.63, 3.8) is 0 Å². The van der Waals surface area contributed by atoms with Crippen molar-refractivity contribution in [1.82, 2.24) is 10.2 Å². The van der Waals surface area contributed by atoms with Gasteiger partial charge in [-0.1, -0.05) is 29.4 Å². The van der Waals surface area contributed by atoms with Crippen LogP contribution in [0.4, 0.5) is 4.39 Å². The molecular weight excluding hydrogens is 331 g/mol. The number of nitrogens with zero attached hydrogens (tertiary/aromatic N) is 1. The summed E-state index contributed by atoms with van der Waals surface area (Å²) in [6, 6.07) is 11.5. The second-order valence-electron chi connectivity index (χ2n) is 6.04. The first-order chi connectivity index (χ1) is 11.2. The Morgan fingerprint density at radius 2 is 1.91 bits per heavy atom. The highest BCUT2D eigenvalue weighted by atomic mass is 35.5. The Morgan fingerprint density at radius 1 is 1.09 bits per heavy atom. The molecule has 2 nitrogen and oxygen atoms in total. The largest absolute Gasteiger partial charge is 0.314 e. The van der Waals surface area contributed by atoms with E-state index in [9.17, 15) is 4.39 Å². The lowest BCUT2D eigenvalue weighted by atomic mass is 9.96. The molecule has 120 valence electrons. The third kappa shape index (κ3) is 3.13. The van der Waals surface area contributed by atoms with E-state index in [1.54, 1.807) is 23.9 Å². The van der Waals surface area contributed by atoms with Crippen LogP contribution in [-0.2, 0) is 6.42 Å². The van der Waals surface area contributed by atoms with Gasteiger partial charge < -0.3 is 5.32 Å². The van der Waals surface area contributed by atoms with Gasteiger partial charge in [0, 0.05) is 47.0 Å². The van der Waals surface area contributed by atoms with Gasteiger partial charge in [-0.15, -0.1) is 0 Å². The highest BCUT2D eigenvalue weighted by molar-refractivity contribution is 7.99. The zero-order valence-corrected chi connectivity index (χ0v) is 14.3. The molecule has 1 atom stereocenters. The lowest BCUT2D eigenvalue weighted by molar-refractivity contribution is 0.170. The van der Waals surface area contributed by atoms with Crippen molar-refractivity contribution < 1.29 is 4.39 Å². The van der Waals surface area contributed by atoms with Crippen molar-refractivity contribution in [3.8, 4) is 0 Å². The van der Waals surface area contributed by atoms with E-state index in [0.717, 1.165) is 42.5 Å². The number of hydrogen-bond donors (Lipinski definition) is 1. The Labute approximate surface area is 145 Å². The number of hydrogen-bond acceptors (Lipinski definition) is 3. The summed E-state index contributed by atoms with van der Waals surface area (Å²) < 4.78 is 13.7. The Balaban J connectivity index is 1.80. The van der Waals surface area contributed by atoms with Crippen LogP contribution in [0.25, 0.3) is 0 Å². The van der Waals surface area contributed by atoms with Crippen LogP contribution in [0.3, 0.4) is 0 Å². The van der Waals surface area contributed by atoms with E-state index < -0.39 is 0 Å². The maximum absolute atomic E-state index is 13.7. The first kappa shape index (κ1) is 15.5. The quantitative estimate of drug-likeness (QED) is 0.834. The van der Waals surface area contributed by atoms with Gasteiger partial charge in [0.25, 0.3) is 0 Å². The lowest BCUT2D eigenvalue weighted by Crippen LogP contribution is -2.45. The van der Waals surface area contributed by atoms with Crippen molar-refractivity contribution in [2.75, 3.05) is 26.2 Å². The van der Waals surface area contributed by atoms with Gasteiger partial charge >= 0.3 is 0 Å². The summed E-state index contributed by atoms with van der Waals surface area (Å²) in [7, 11) is 0. The number of benzene rings is 2. The van der Waals surface area contributed by atoms with Crippen LogP contribution in [0, 0.1) is 5.82 Å². The summed E-state index contributed by atoms with van der Waals surface area (Å²) >= 11 is 7.92. The second kappa shape index (κ2) is 6.44. The van der Waals surface area contributed by atoms with E-state index in [0.29, 0.717) is 6.04 Å². The average Bonchev–Trinajstić information content (AvgIpc) is 2.72. The van der Waals surface area contributed by atoms with Crippen LogP contribution >= 0.6 is 23.4 Å². The van der Waals surface area contributed by atoms with Gasteiger partial charge in [0.1, 0.15) is 5.82 Å². The van der Waals surface area contributed by atoms with E-state index in [1.807, 2.05) is 12.1 Å². The van der Waals surface area contributed by atoms with Crippen LogP contribution in [0.2, 0.25) is 5.02 Å². The van der Waals surface area contributed by atoms with Crippen molar-refractivity contribution >= 4 is 23.4 Å². The van der Waals surface area contributed by atoms with Gasteiger partial charge in [-0.3, -0.25) is 4.90 Å². The van der Waals surface area contributed by atoms with Gasteiger partial charge in [-0.2, -0.15) is 0 Å². The molecule has 1 unspecified atom stereocenters. The minimum Gasteiger partial charge on any atom is -0.314 e. The molecule has 2 aromatic rings. The lowest BCUT2D eigenvalue weighted by Gasteiger charge is -2.35. The first-order valence-electron chi connectivity index (χ1n) is 7.91. The van der Waals surface area contributed by atoms with Crippen molar-refractivity contribution in [3.05, 3.63) is 58.4 Å². The van der Waals surface area contributed by atoms with Gasteiger partial charge in [0.2, 0.25) is 0 Å². The molecular formula is C18H18ClFN2S. The molecule has 4 rings (SSSR count). The van der Waals surface area contributed by atoms with Gasteiger partial charge in [0.05, 0.1) is 0 Å². The van der Waals surface area contributed by atoms with Crippen molar-refractivity contribution in [2.24, 2.45) is 0 Å². The molecule has 0 radical (unpaired) electrons. The molecule has 0 spiro atoms. The summed E-state index contributed by atoms with van der Waals surface area (Å²) in [6.45, 7) is 4.07.